The van der Waals surface area contributed by atoms with Gasteiger partial charge in [0.1, 0.15) is 91.4 Å². The van der Waals surface area contributed by atoms with E-state index in [9.17, 15) is 101 Å². The highest BCUT2D eigenvalue weighted by atomic mass is 32.2. The van der Waals surface area contributed by atoms with Gasteiger partial charge in [0.2, 0.25) is 64.8 Å². The fraction of sp³-hybridized carbons (Fsp3) is 0.396. The number of aromatic nitrogens is 2. The van der Waals surface area contributed by atoms with Gasteiger partial charge in [0.25, 0.3) is 11.5 Å². The molecule has 47 nitrogen and oxygen atoms in total. The molecule has 12 aliphatic heterocycles. The van der Waals surface area contributed by atoms with Crippen molar-refractivity contribution in [2.24, 2.45) is 0 Å². The topological polar surface area (TPSA) is 570 Å². The van der Waals surface area contributed by atoms with Crippen LogP contribution in [-0.4, -0.2) is 306 Å². The minimum Gasteiger partial charge on any atom is -0.495 e. The molecule has 53 heteroatoms. The van der Waals surface area contributed by atoms with Gasteiger partial charge in [0.05, 0.1) is 146 Å². The van der Waals surface area contributed by atoms with E-state index in [4.69, 9.17) is 85.3 Å². The van der Waals surface area contributed by atoms with Gasteiger partial charge in [-0.15, -0.1) is 0 Å². The van der Waals surface area contributed by atoms with Crippen LogP contribution in [0.5, 0.6) is 17.4 Å². The summed E-state index contributed by atoms with van der Waals surface area (Å²) >= 11 is 4.71. The molecule has 0 bridgehead atoms. The lowest BCUT2D eigenvalue weighted by atomic mass is 9.77. The van der Waals surface area contributed by atoms with Crippen molar-refractivity contribution in [1.82, 2.24) is 24.7 Å². The van der Waals surface area contributed by atoms with Crippen molar-refractivity contribution >= 4 is 229 Å². The third-order valence-corrected chi connectivity index (χ3v) is 33.1. The summed E-state index contributed by atoms with van der Waals surface area (Å²) in [6, 6.07) is 7.52. The van der Waals surface area contributed by atoms with Gasteiger partial charge in [0, 0.05) is 89.1 Å². The minimum absolute atomic E-state index is 0.0237. The number of ether oxygens (including phenoxy) is 18. The highest BCUT2D eigenvalue weighted by molar-refractivity contribution is 8.27. The maximum absolute atomic E-state index is 14.3. The highest BCUT2D eigenvalue weighted by Crippen LogP contribution is 2.74. The Hall–Kier alpha value is -14.5. The van der Waals surface area contributed by atoms with Crippen molar-refractivity contribution in [1.29, 1.82) is 0 Å². The van der Waals surface area contributed by atoms with Gasteiger partial charge in [-0.05, 0) is 53.7 Å². The molecule has 12 aliphatic rings. The summed E-state index contributed by atoms with van der Waals surface area (Å²) in [4.78, 5) is 293. The van der Waals surface area contributed by atoms with E-state index in [2.05, 4.69) is 9.97 Å². The van der Waals surface area contributed by atoms with Gasteiger partial charge < -0.3 is 85.3 Å². The molecule has 1 aromatic carbocycles. The standard InChI is InChI=1S/C31H30N2O15.2C30H29N3O12S3/c1-30(2)25-19(14-9-8-10-15(41-3)21(14)33(30)18(36)13-32-16(34)11-12-17(32)35)31(20(26(37)42-4)22(46-25)27(38)43-5)47-23(28(39)44-6)24(48-31)29(40)45-7;1-29(2)24-17(19-20(13(41-3)10-11-31-19)33(29)16(36)12-32-14(34)8-9-15(32)35)30(18(25(37)42-4)21(46-24)26(38)43-5)47-22(27(39)44-6)23(48-30)28(40)45-7;1-29(2)23-17(13-10-11-31-24(41-3)19(13)33(29)16(36)12-32-14(34)8-9-15(32)35)30(18(25(37)42-4)20(46-23)26(38)43-5)47-21(27(39)44-6)22(48-30)28(40)45-7/h8-10H,11-13H2,1-7H3;2*10-11H,8-9,12H2,1-7H3. The third kappa shape index (κ3) is 17.4. The van der Waals surface area contributed by atoms with Crippen molar-refractivity contribution in [3.63, 3.8) is 0 Å². The van der Waals surface area contributed by atoms with Gasteiger partial charge in [-0.3, -0.25) is 77.5 Å². The van der Waals surface area contributed by atoms with E-state index in [1.807, 2.05) is 0 Å². The molecule has 3 aromatic rings. The molecule has 3 saturated heterocycles. The number of hydrogen-bond donors (Lipinski definition) is 0. The molecule has 9 amide bonds. The summed E-state index contributed by atoms with van der Waals surface area (Å²) in [6.45, 7) is 7.75. The van der Waals surface area contributed by atoms with Crippen LogP contribution in [0.4, 0.5) is 17.1 Å². The zero-order valence-corrected chi connectivity index (χ0v) is 85.3. The number of hydrogen-bond acceptors (Lipinski definition) is 47. The van der Waals surface area contributed by atoms with E-state index in [-0.39, 0.29) is 147 Å². The fourth-order valence-electron chi connectivity index (χ4n) is 17.5. The third-order valence-electron chi connectivity index (χ3n) is 23.8. The minimum atomic E-state index is -2.72. The molecular formula is C91H88N8O39S6. The van der Waals surface area contributed by atoms with E-state index >= 15 is 0 Å². The van der Waals surface area contributed by atoms with Crippen LogP contribution in [0.25, 0.3) is 16.7 Å². The Morgan fingerprint density at radius 2 is 0.653 bits per heavy atom. The average molecular weight is 2110 g/mol. The Bertz CT molecular complexity index is 5860. The quantitative estimate of drug-likeness (QED) is 0.0775. The molecule has 0 saturated carbocycles. The number of methoxy groups -OCH3 is 15. The number of rotatable bonds is 21. The van der Waals surface area contributed by atoms with Crippen molar-refractivity contribution in [3.05, 3.63) is 139 Å². The number of esters is 12. The molecule has 15 rings (SSSR count). The lowest BCUT2D eigenvalue weighted by Gasteiger charge is -2.50. The molecule has 0 N–H and O–H groups in total. The predicted molar refractivity (Wildman–Crippen MR) is 501 cm³/mol. The number of likely N-dealkylation sites (tertiary alicyclic amines) is 3. The average Bonchev–Trinajstić information content (AvgIpc) is 1.48. The van der Waals surface area contributed by atoms with Gasteiger partial charge in [-0.2, -0.15) is 0 Å². The number of fused-ring (bicyclic) bond motifs is 9. The first-order chi connectivity index (χ1) is 68.2. The summed E-state index contributed by atoms with van der Waals surface area (Å²) in [5.74, 6) is -22.9. The monoisotopic (exact) mass is 2110 g/mol. The van der Waals surface area contributed by atoms with Crippen molar-refractivity contribution in [2.75, 3.05) is 141 Å². The van der Waals surface area contributed by atoms with Crippen LogP contribution >= 0.6 is 70.6 Å². The van der Waals surface area contributed by atoms with Crippen molar-refractivity contribution in [3.8, 4) is 17.4 Å². The Morgan fingerprint density at radius 3 is 1.02 bits per heavy atom. The number of carbonyl (C=O) groups is 21. The van der Waals surface area contributed by atoms with Crippen LogP contribution in [0.15, 0.2) is 122 Å². The second kappa shape index (κ2) is 41.1. The predicted octanol–water partition coefficient (Wildman–Crippen LogP) is 4.92. The molecule has 3 fully saturated rings. The number of pyridine rings is 2. The summed E-state index contributed by atoms with van der Waals surface area (Å²) in [7, 11) is 16.9. The van der Waals surface area contributed by atoms with Crippen LogP contribution in [0.2, 0.25) is 0 Å². The maximum Gasteiger partial charge on any atom is 0.377 e. The van der Waals surface area contributed by atoms with E-state index in [0.717, 1.165) is 171 Å². The number of imide groups is 3. The highest BCUT2D eigenvalue weighted by Gasteiger charge is 2.69. The van der Waals surface area contributed by atoms with Crippen LogP contribution in [-0.2, 0) is 172 Å². The van der Waals surface area contributed by atoms with Crippen LogP contribution < -0.4 is 28.9 Å². The first kappa shape index (κ1) is 107. The van der Waals surface area contributed by atoms with E-state index < -0.39 is 198 Å². The summed E-state index contributed by atoms with van der Waals surface area (Å²) in [5.41, 5.74) is -4.82. The molecule has 3 spiro atoms. The summed E-state index contributed by atoms with van der Waals surface area (Å²) in [5, 5.41) is 0. The van der Waals surface area contributed by atoms with Gasteiger partial charge in [-0.25, -0.2) is 62.5 Å². The molecule has 0 aliphatic carbocycles. The Kier molecular flexibility index (Phi) is 30.5. The summed E-state index contributed by atoms with van der Waals surface area (Å²) in [6.07, 6.45) is 2.56. The zero-order chi connectivity index (χ0) is 106. The number of thioether (sulfide) groups is 6. The fourth-order valence-corrected chi connectivity index (χ4v) is 27.6. The van der Waals surface area contributed by atoms with Gasteiger partial charge in [-0.1, -0.05) is 82.7 Å². The molecule has 0 radical (unpaired) electrons. The lowest BCUT2D eigenvalue weighted by molar-refractivity contribution is -0.158. The normalized spacial score (nSPS) is 19.1. The van der Waals surface area contributed by atoms with Gasteiger partial charge >= 0.3 is 77.4 Å². The second-order valence-electron chi connectivity index (χ2n) is 32.6. The molecule has 0 unspecified atom stereocenters. The number of amides is 9. The largest absolute Gasteiger partial charge is 0.495 e. The number of anilines is 3. The lowest BCUT2D eigenvalue weighted by Crippen LogP contribution is -2.58. The van der Waals surface area contributed by atoms with Crippen molar-refractivity contribution in [2.45, 2.75) is 111 Å². The SMILES string of the molecule is COC(=O)C1=C(C(=O)OC)OC2(O1)C(C(=O)OC)=C(C(=O)OC)OC1=C2c2cccc(OC)c2N(C(=O)CN2C(=O)CCC2=O)C1(C)C.COC(=O)C1=C(C(=O)OC)SC2(S1)C(C(=O)OC)=C(C(=O)OC)SC1=C2c2ccnc(OC)c2N(C(=O)CN2C(=O)CCC2=O)C1(C)C.COC(=O)C1=C(C(=O)OC)SC2(S1)C(C(=O)OC)=C(C(=O)OC)SC1=C2c2nccc(OC)c2N(C(=O)CN2C(=O)CCC2=O)C1(C)C. The van der Waals surface area contributed by atoms with E-state index in [1.54, 1.807) is 33.8 Å². The van der Waals surface area contributed by atoms with E-state index in [0.29, 0.717) is 15.4 Å². The van der Waals surface area contributed by atoms with E-state index in [1.165, 1.54) is 86.5 Å². The first-order valence-electron chi connectivity index (χ1n) is 42.3. The Morgan fingerprint density at radius 1 is 0.333 bits per heavy atom. The Labute approximate surface area is 842 Å². The molecular weight excluding hydrogens is 2020 g/mol. The number of benzene rings is 1. The maximum atomic E-state index is 14.3. The number of carbonyl (C=O) groups excluding carboxylic acids is 21. The number of para-hydroxylation sites is 1. The Balaban J connectivity index is 0.000000181. The molecule has 144 heavy (non-hydrogen) atoms. The number of nitrogens with zero attached hydrogens (tertiary/aromatic N) is 8. The van der Waals surface area contributed by atoms with Crippen molar-refractivity contribution < 1.29 is 186 Å². The first-order valence-corrected chi connectivity index (χ1v) is 47.2. The molecule has 762 valence electrons. The molecule has 2 aromatic heterocycles. The zero-order valence-electron chi connectivity index (χ0n) is 80.4. The molecule has 0 atom stereocenters. The van der Waals surface area contributed by atoms with Crippen LogP contribution in [0.3, 0.4) is 0 Å². The van der Waals surface area contributed by atoms with Gasteiger partial charge in [0.15, 0.2) is 5.57 Å². The second-order valence-corrected chi connectivity index (χ2v) is 40.1. The van der Waals surface area contributed by atoms with Crippen LogP contribution in [0, 0.1) is 0 Å². The smallest absolute Gasteiger partial charge is 0.377 e. The molecule has 14 heterocycles. The van der Waals surface area contributed by atoms with Crippen LogP contribution in [0.1, 0.15) is 96.9 Å². The summed E-state index contributed by atoms with van der Waals surface area (Å²) < 4.78 is 91.6.